The maximum Gasteiger partial charge on any atom is 0.409 e. The highest BCUT2D eigenvalue weighted by molar-refractivity contribution is 9.10. The number of hydrogen-bond donors (Lipinski definition) is 1. The molecule has 5 heteroatoms. The quantitative estimate of drug-likeness (QED) is 0.919. The van der Waals surface area contributed by atoms with Crippen LogP contribution in [0.25, 0.3) is 10.9 Å². The van der Waals surface area contributed by atoms with Gasteiger partial charge in [0.05, 0.1) is 6.61 Å². The molecule has 0 fully saturated rings. The van der Waals surface area contributed by atoms with Gasteiger partial charge < -0.3 is 14.6 Å². The number of rotatable bonds is 4. The lowest BCUT2D eigenvalue weighted by Crippen LogP contribution is -2.29. The fourth-order valence-corrected chi connectivity index (χ4v) is 2.58. The van der Waals surface area contributed by atoms with Crippen LogP contribution in [0.15, 0.2) is 22.7 Å². The van der Waals surface area contributed by atoms with E-state index in [1.54, 1.807) is 11.9 Å². The van der Waals surface area contributed by atoms with Crippen molar-refractivity contribution in [2.45, 2.75) is 20.3 Å². The SMILES string of the molecule is CCOC(=O)N(C)CCc1[nH]c2cc(Br)ccc2c1C. The molecule has 1 amide bonds. The highest BCUT2D eigenvalue weighted by Crippen LogP contribution is 2.25. The van der Waals surface area contributed by atoms with Crippen molar-refractivity contribution in [3.05, 3.63) is 33.9 Å². The third-order valence-corrected chi connectivity index (χ3v) is 3.89. The summed E-state index contributed by atoms with van der Waals surface area (Å²) in [7, 11) is 1.76. The lowest BCUT2D eigenvalue weighted by atomic mass is 10.1. The van der Waals surface area contributed by atoms with Crippen LogP contribution in [0.4, 0.5) is 4.79 Å². The van der Waals surface area contributed by atoms with Crippen LogP contribution < -0.4 is 0 Å². The zero-order valence-corrected chi connectivity index (χ0v) is 13.6. The van der Waals surface area contributed by atoms with Gasteiger partial charge in [0.15, 0.2) is 0 Å². The van der Waals surface area contributed by atoms with Crippen LogP contribution in [0.5, 0.6) is 0 Å². The molecule has 0 atom stereocenters. The van der Waals surface area contributed by atoms with Gasteiger partial charge in [-0.1, -0.05) is 22.0 Å². The summed E-state index contributed by atoms with van der Waals surface area (Å²) in [5, 5.41) is 1.22. The molecule has 1 N–H and O–H groups in total. The Morgan fingerprint density at radius 2 is 2.20 bits per heavy atom. The number of aromatic nitrogens is 1. The summed E-state index contributed by atoms with van der Waals surface area (Å²) in [5.74, 6) is 0. The number of aryl methyl sites for hydroxylation is 1. The average Bonchev–Trinajstić information content (AvgIpc) is 2.72. The molecule has 0 aliphatic rings. The van der Waals surface area contributed by atoms with Crippen molar-refractivity contribution in [2.75, 3.05) is 20.2 Å². The molecule has 108 valence electrons. The second-order valence-electron chi connectivity index (χ2n) is 4.79. The van der Waals surface area contributed by atoms with Gasteiger partial charge in [0.2, 0.25) is 0 Å². The minimum atomic E-state index is -0.274. The van der Waals surface area contributed by atoms with Crippen LogP contribution >= 0.6 is 15.9 Å². The first-order valence-corrected chi connectivity index (χ1v) is 7.46. The molecule has 4 nitrogen and oxygen atoms in total. The van der Waals surface area contributed by atoms with Crippen molar-refractivity contribution in [1.29, 1.82) is 0 Å². The van der Waals surface area contributed by atoms with Crippen molar-refractivity contribution in [3.63, 3.8) is 0 Å². The first kappa shape index (κ1) is 14.9. The average molecular weight is 339 g/mol. The van der Waals surface area contributed by atoms with Crippen LogP contribution in [0.3, 0.4) is 0 Å². The minimum Gasteiger partial charge on any atom is -0.450 e. The van der Waals surface area contributed by atoms with Crippen molar-refractivity contribution >= 4 is 32.9 Å². The second-order valence-corrected chi connectivity index (χ2v) is 5.70. The molecule has 0 bridgehead atoms. The molecule has 1 aromatic carbocycles. The Morgan fingerprint density at radius 3 is 2.90 bits per heavy atom. The van der Waals surface area contributed by atoms with Crippen LogP contribution in [0, 0.1) is 6.92 Å². The molecule has 0 aliphatic heterocycles. The monoisotopic (exact) mass is 338 g/mol. The van der Waals surface area contributed by atoms with Gasteiger partial charge in [-0.05, 0) is 31.5 Å². The normalized spacial score (nSPS) is 10.8. The van der Waals surface area contributed by atoms with Gasteiger partial charge in [0.25, 0.3) is 0 Å². The molecule has 1 heterocycles. The number of benzene rings is 1. The zero-order valence-electron chi connectivity index (χ0n) is 12.0. The van der Waals surface area contributed by atoms with Crippen LogP contribution in [-0.4, -0.2) is 36.2 Å². The van der Waals surface area contributed by atoms with E-state index >= 15 is 0 Å². The number of nitrogens with zero attached hydrogens (tertiary/aromatic N) is 1. The molecule has 2 aromatic rings. The van der Waals surface area contributed by atoms with Gasteiger partial charge in [-0.15, -0.1) is 0 Å². The fourth-order valence-electron chi connectivity index (χ4n) is 2.22. The summed E-state index contributed by atoms with van der Waals surface area (Å²) in [5.41, 5.74) is 3.52. The van der Waals surface area contributed by atoms with Gasteiger partial charge in [-0.25, -0.2) is 4.79 Å². The van der Waals surface area contributed by atoms with E-state index in [0.717, 1.165) is 22.1 Å². The second kappa shape index (κ2) is 6.31. The third-order valence-electron chi connectivity index (χ3n) is 3.40. The summed E-state index contributed by atoms with van der Waals surface area (Å²) in [4.78, 5) is 16.6. The Hall–Kier alpha value is -1.49. The summed E-state index contributed by atoms with van der Waals surface area (Å²) < 4.78 is 6.02. The molecular weight excluding hydrogens is 320 g/mol. The standard InChI is InChI=1S/C15H19BrN2O2/c1-4-20-15(19)18(3)8-7-13-10(2)12-6-5-11(16)9-14(12)17-13/h5-6,9,17H,4,7-8H2,1-3H3. The highest BCUT2D eigenvalue weighted by Gasteiger charge is 2.12. The lowest BCUT2D eigenvalue weighted by Gasteiger charge is -2.16. The maximum atomic E-state index is 11.6. The topological polar surface area (TPSA) is 45.3 Å². The Labute approximate surface area is 127 Å². The number of carbonyl (C=O) groups excluding carboxylic acids is 1. The molecule has 0 aliphatic carbocycles. The van der Waals surface area contributed by atoms with E-state index in [1.807, 2.05) is 13.0 Å². The van der Waals surface area contributed by atoms with Gasteiger partial charge in [-0.2, -0.15) is 0 Å². The number of H-pyrrole nitrogens is 1. The third kappa shape index (κ3) is 3.15. The number of amides is 1. The van der Waals surface area contributed by atoms with Gasteiger partial charge in [-0.3, -0.25) is 0 Å². The number of likely N-dealkylation sites (N-methyl/N-ethyl adjacent to an activating group) is 1. The van der Waals surface area contributed by atoms with Gasteiger partial charge in [0, 0.05) is 41.1 Å². The van der Waals surface area contributed by atoms with Crippen molar-refractivity contribution in [3.8, 4) is 0 Å². The number of aromatic amines is 1. The lowest BCUT2D eigenvalue weighted by molar-refractivity contribution is 0.116. The van der Waals surface area contributed by atoms with E-state index in [1.165, 1.54) is 10.9 Å². The molecule has 0 spiro atoms. The van der Waals surface area contributed by atoms with Crippen molar-refractivity contribution in [1.82, 2.24) is 9.88 Å². The smallest absolute Gasteiger partial charge is 0.409 e. The Bertz CT molecular complexity index is 622. The van der Waals surface area contributed by atoms with Crippen molar-refractivity contribution < 1.29 is 9.53 Å². The zero-order chi connectivity index (χ0) is 14.7. The van der Waals surface area contributed by atoms with Crippen LogP contribution in [0.1, 0.15) is 18.2 Å². The number of hydrogen-bond acceptors (Lipinski definition) is 2. The van der Waals surface area contributed by atoms with E-state index in [2.05, 4.69) is 40.0 Å². The molecule has 0 saturated carbocycles. The Kier molecular flexibility index (Phi) is 4.70. The van der Waals surface area contributed by atoms with Gasteiger partial charge in [0.1, 0.15) is 0 Å². The maximum absolute atomic E-state index is 11.6. The number of fused-ring (bicyclic) bond motifs is 1. The van der Waals surface area contributed by atoms with Crippen LogP contribution in [-0.2, 0) is 11.2 Å². The fraction of sp³-hybridized carbons (Fsp3) is 0.400. The van der Waals surface area contributed by atoms with E-state index in [9.17, 15) is 4.79 Å². The first-order valence-electron chi connectivity index (χ1n) is 6.67. The van der Waals surface area contributed by atoms with E-state index in [0.29, 0.717) is 13.2 Å². The predicted molar refractivity (Wildman–Crippen MR) is 84.1 cm³/mol. The minimum absolute atomic E-state index is 0.274. The molecular formula is C15H19BrN2O2. The molecule has 20 heavy (non-hydrogen) atoms. The Balaban J connectivity index is 2.10. The summed E-state index contributed by atoms with van der Waals surface area (Å²) >= 11 is 3.48. The largest absolute Gasteiger partial charge is 0.450 e. The molecule has 0 saturated heterocycles. The number of halogens is 1. The Morgan fingerprint density at radius 1 is 1.45 bits per heavy atom. The van der Waals surface area contributed by atoms with Gasteiger partial charge >= 0.3 is 6.09 Å². The number of ether oxygens (including phenoxy) is 1. The van der Waals surface area contributed by atoms with E-state index in [-0.39, 0.29) is 6.09 Å². The molecule has 0 radical (unpaired) electrons. The summed E-state index contributed by atoms with van der Waals surface area (Å²) in [6.45, 7) is 4.95. The van der Waals surface area contributed by atoms with Crippen LogP contribution in [0.2, 0.25) is 0 Å². The number of nitrogens with one attached hydrogen (secondary N) is 1. The van der Waals surface area contributed by atoms with E-state index in [4.69, 9.17) is 4.74 Å². The molecule has 2 rings (SSSR count). The predicted octanol–water partition coefficient (Wildman–Crippen LogP) is 3.87. The first-order chi connectivity index (χ1) is 9.52. The number of carbonyl (C=O) groups is 1. The van der Waals surface area contributed by atoms with E-state index < -0.39 is 0 Å². The summed E-state index contributed by atoms with van der Waals surface area (Å²) in [6.07, 6.45) is 0.511. The molecule has 0 unspecified atom stereocenters. The van der Waals surface area contributed by atoms with Crippen molar-refractivity contribution in [2.24, 2.45) is 0 Å². The highest BCUT2D eigenvalue weighted by atomic mass is 79.9. The summed E-state index contributed by atoms with van der Waals surface area (Å²) in [6, 6.07) is 6.21. The molecule has 1 aromatic heterocycles.